The minimum Gasteiger partial charge on any atom is -0.481 e. The number of aromatic nitrogens is 1. The number of hydrogen-bond donors (Lipinski definition) is 1. The molecule has 0 bridgehead atoms. The van der Waals surface area contributed by atoms with Crippen molar-refractivity contribution < 1.29 is 13.9 Å². The van der Waals surface area contributed by atoms with Crippen LogP contribution in [0.1, 0.15) is 0 Å². The van der Waals surface area contributed by atoms with E-state index in [1.165, 1.54) is 23.5 Å². The highest BCUT2D eigenvalue weighted by atomic mass is 32.1. The molecule has 0 aliphatic heterocycles. The highest BCUT2D eigenvalue weighted by Gasteiger charge is 2.16. The number of anilines is 1. The van der Waals surface area contributed by atoms with Gasteiger partial charge in [-0.2, -0.15) is 0 Å². The van der Waals surface area contributed by atoms with Crippen LogP contribution in [0.15, 0.2) is 84.9 Å². The molecule has 0 saturated heterocycles. The van der Waals surface area contributed by atoms with E-state index >= 15 is 0 Å². The van der Waals surface area contributed by atoms with Crippen LogP contribution in [-0.2, 0) is 4.79 Å². The van der Waals surface area contributed by atoms with E-state index in [4.69, 9.17) is 4.74 Å². The van der Waals surface area contributed by atoms with Crippen LogP contribution in [0.2, 0.25) is 0 Å². The number of amides is 1. The molecule has 0 aliphatic carbocycles. The Morgan fingerprint density at radius 3 is 2.21 bits per heavy atom. The molecule has 144 valence electrons. The van der Waals surface area contributed by atoms with E-state index in [1.807, 2.05) is 60.7 Å². The smallest absolute Gasteiger partial charge is 0.264 e. The number of halogens is 1. The Balaban J connectivity index is 1.56. The topological polar surface area (TPSA) is 51.2 Å². The zero-order valence-electron chi connectivity index (χ0n) is 15.3. The zero-order valence-corrected chi connectivity index (χ0v) is 16.2. The number of para-hydroxylation sites is 1. The Morgan fingerprint density at radius 1 is 0.897 bits per heavy atom. The van der Waals surface area contributed by atoms with Gasteiger partial charge in [0.1, 0.15) is 0 Å². The molecule has 6 heteroatoms. The van der Waals surface area contributed by atoms with Gasteiger partial charge in [0.25, 0.3) is 5.91 Å². The summed E-state index contributed by atoms with van der Waals surface area (Å²) in [7, 11) is 0. The second kappa shape index (κ2) is 8.67. The first-order chi connectivity index (χ1) is 14.2. The fraction of sp³-hybridized carbons (Fsp3) is 0.0435. The monoisotopic (exact) mass is 404 g/mol. The van der Waals surface area contributed by atoms with Crippen LogP contribution in [0.3, 0.4) is 0 Å². The second-order valence-electron chi connectivity index (χ2n) is 6.20. The molecule has 0 unspecified atom stereocenters. The molecule has 4 rings (SSSR count). The van der Waals surface area contributed by atoms with Crippen LogP contribution in [0, 0.1) is 5.82 Å². The molecule has 1 N–H and O–H groups in total. The molecule has 0 atom stereocenters. The maximum atomic E-state index is 13.6. The number of thiazole rings is 1. The van der Waals surface area contributed by atoms with Crippen LogP contribution in [0.5, 0.6) is 5.75 Å². The lowest BCUT2D eigenvalue weighted by molar-refractivity contribution is -0.118. The third-order valence-electron chi connectivity index (χ3n) is 4.15. The van der Waals surface area contributed by atoms with Crippen LogP contribution < -0.4 is 10.1 Å². The Kier molecular flexibility index (Phi) is 5.63. The third kappa shape index (κ3) is 4.50. The summed E-state index contributed by atoms with van der Waals surface area (Å²) < 4.78 is 18.9. The van der Waals surface area contributed by atoms with Gasteiger partial charge in [-0.15, -0.1) is 0 Å². The summed E-state index contributed by atoms with van der Waals surface area (Å²) in [5.74, 6) is -0.870. The van der Waals surface area contributed by atoms with Crippen molar-refractivity contribution in [3.63, 3.8) is 0 Å². The molecular weight excluding hydrogens is 387 g/mol. The van der Waals surface area contributed by atoms with Gasteiger partial charge < -0.3 is 4.74 Å². The van der Waals surface area contributed by atoms with Gasteiger partial charge in [0.05, 0.1) is 10.6 Å². The fourth-order valence-electron chi connectivity index (χ4n) is 2.81. The van der Waals surface area contributed by atoms with Gasteiger partial charge in [-0.1, -0.05) is 84.1 Å². The standard InChI is InChI=1S/C23H17FN2O2S/c24-18-13-7-8-14-19(18)28-15-20(27)25-23-26-21(16-9-3-1-4-10-16)22(29-23)17-11-5-2-6-12-17/h1-14H,15H2,(H,25,26,27). The van der Waals surface area contributed by atoms with Crippen molar-refractivity contribution in [1.29, 1.82) is 0 Å². The van der Waals surface area contributed by atoms with E-state index in [9.17, 15) is 9.18 Å². The Labute approximate surface area is 171 Å². The average molecular weight is 404 g/mol. The Morgan fingerprint density at radius 2 is 1.52 bits per heavy atom. The van der Waals surface area contributed by atoms with Crippen LogP contribution in [0.4, 0.5) is 9.52 Å². The van der Waals surface area contributed by atoms with Crippen molar-refractivity contribution in [2.45, 2.75) is 0 Å². The number of ether oxygens (including phenoxy) is 1. The Hall–Kier alpha value is -3.51. The van der Waals surface area contributed by atoms with Crippen molar-refractivity contribution >= 4 is 22.4 Å². The number of rotatable bonds is 6. The molecule has 1 heterocycles. The van der Waals surface area contributed by atoms with Gasteiger partial charge in [-0.3, -0.25) is 10.1 Å². The molecule has 0 saturated carbocycles. The zero-order chi connectivity index (χ0) is 20.1. The first-order valence-electron chi connectivity index (χ1n) is 8.99. The van der Waals surface area contributed by atoms with Crippen LogP contribution in [-0.4, -0.2) is 17.5 Å². The third-order valence-corrected chi connectivity index (χ3v) is 5.17. The maximum absolute atomic E-state index is 13.6. The SMILES string of the molecule is O=C(COc1ccccc1F)Nc1nc(-c2ccccc2)c(-c2ccccc2)s1. The number of nitrogens with zero attached hydrogens (tertiary/aromatic N) is 1. The van der Waals surface area contributed by atoms with E-state index < -0.39 is 11.7 Å². The molecule has 1 amide bonds. The molecule has 1 aromatic heterocycles. The first-order valence-corrected chi connectivity index (χ1v) is 9.81. The number of carbonyl (C=O) groups is 1. The molecular formula is C23H17FN2O2S. The summed E-state index contributed by atoms with van der Waals surface area (Å²) in [5.41, 5.74) is 2.78. The van der Waals surface area contributed by atoms with Crippen LogP contribution in [0.25, 0.3) is 21.7 Å². The lowest BCUT2D eigenvalue weighted by Crippen LogP contribution is -2.20. The molecule has 29 heavy (non-hydrogen) atoms. The lowest BCUT2D eigenvalue weighted by atomic mass is 10.1. The van der Waals surface area contributed by atoms with Gasteiger partial charge in [0, 0.05) is 5.56 Å². The predicted octanol–water partition coefficient (Wildman–Crippen LogP) is 5.63. The Bertz CT molecular complexity index is 1060. The van der Waals surface area contributed by atoms with E-state index in [0.717, 1.165) is 21.7 Å². The minimum absolute atomic E-state index is 0.0386. The summed E-state index contributed by atoms with van der Waals surface area (Å²) in [6.45, 7) is -0.304. The van der Waals surface area contributed by atoms with Gasteiger partial charge in [0.2, 0.25) is 0 Å². The van der Waals surface area contributed by atoms with Crippen molar-refractivity contribution in [2.75, 3.05) is 11.9 Å². The number of carbonyl (C=O) groups excluding carboxylic acids is 1. The summed E-state index contributed by atoms with van der Waals surface area (Å²) in [6.07, 6.45) is 0. The van der Waals surface area contributed by atoms with Crippen molar-refractivity contribution in [3.8, 4) is 27.4 Å². The summed E-state index contributed by atoms with van der Waals surface area (Å²) >= 11 is 1.39. The fourth-order valence-corrected chi connectivity index (χ4v) is 3.82. The summed E-state index contributed by atoms with van der Waals surface area (Å²) in [6, 6.07) is 25.7. The normalized spacial score (nSPS) is 10.5. The second-order valence-corrected chi connectivity index (χ2v) is 7.20. The molecule has 0 fully saturated rings. The lowest BCUT2D eigenvalue weighted by Gasteiger charge is -2.06. The largest absolute Gasteiger partial charge is 0.481 e. The first kappa shape index (κ1) is 18.8. The van der Waals surface area contributed by atoms with Crippen molar-refractivity contribution in [2.24, 2.45) is 0 Å². The predicted molar refractivity (Wildman–Crippen MR) is 114 cm³/mol. The summed E-state index contributed by atoms with van der Waals surface area (Å²) in [5, 5.41) is 3.22. The van der Waals surface area contributed by atoms with Crippen molar-refractivity contribution in [3.05, 3.63) is 90.7 Å². The van der Waals surface area contributed by atoms with Gasteiger partial charge >= 0.3 is 0 Å². The number of hydrogen-bond acceptors (Lipinski definition) is 4. The molecule has 0 spiro atoms. The molecule has 0 radical (unpaired) electrons. The molecule has 4 aromatic rings. The number of nitrogens with one attached hydrogen (secondary N) is 1. The molecule has 0 aliphatic rings. The highest BCUT2D eigenvalue weighted by Crippen LogP contribution is 2.38. The van der Waals surface area contributed by atoms with E-state index in [1.54, 1.807) is 12.1 Å². The quantitative estimate of drug-likeness (QED) is 0.453. The minimum atomic E-state index is -0.507. The molecule has 3 aromatic carbocycles. The van der Waals surface area contributed by atoms with Gasteiger partial charge in [0.15, 0.2) is 23.3 Å². The van der Waals surface area contributed by atoms with E-state index in [2.05, 4.69) is 10.3 Å². The van der Waals surface area contributed by atoms with E-state index in [0.29, 0.717) is 5.13 Å². The van der Waals surface area contributed by atoms with Crippen LogP contribution >= 0.6 is 11.3 Å². The van der Waals surface area contributed by atoms with Gasteiger partial charge in [-0.05, 0) is 17.7 Å². The molecule has 4 nitrogen and oxygen atoms in total. The van der Waals surface area contributed by atoms with E-state index in [-0.39, 0.29) is 12.4 Å². The highest BCUT2D eigenvalue weighted by molar-refractivity contribution is 7.19. The maximum Gasteiger partial charge on any atom is 0.264 e. The van der Waals surface area contributed by atoms with Crippen molar-refractivity contribution in [1.82, 2.24) is 4.98 Å². The average Bonchev–Trinajstić information content (AvgIpc) is 3.18. The van der Waals surface area contributed by atoms with Gasteiger partial charge in [-0.25, -0.2) is 9.37 Å². The summed E-state index contributed by atoms with van der Waals surface area (Å²) in [4.78, 5) is 17.9. The number of benzene rings is 3.